The van der Waals surface area contributed by atoms with Gasteiger partial charge in [0.25, 0.3) is 0 Å². The Morgan fingerprint density at radius 3 is 2.20 bits per heavy atom. The summed E-state index contributed by atoms with van der Waals surface area (Å²) < 4.78 is 26.1. The number of nitrogens with zero attached hydrogens (tertiary/aromatic N) is 1. The Bertz CT molecular complexity index is 400. The molecule has 4 heteroatoms. The molecule has 2 nitrogen and oxygen atoms in total. The summed E-state index contributed by atoms with van der Waals surface area (Å²) in [5.41, 5.74) is 0.0639. The maximum absolute atomic E-state index is 13.1. The first-order valence-electron chi connectivity index (χ1n) is 4.83. The molecule has 1 N–H and O–H groups in total. The molecule has 1 aliphatic rings. The third-order valence-electron chi connectivity index (χ3n) is 2.75. The van der Waals surface area contributed by atoms with Gasteiger partial charge >= 0.3 is 0 Å². The summed E-state index contributed by atoms with van der Waals surface area (Å²) in [6.45, 7) is 0. The number of hydrogen-bond donors (Lipinski definition) is 1. The van der Waals surface area contributed by atoms with Crippen LogP contribution in [0.1, 0.15) is 18.4 Å². The van der Waals surface area contributed by atoms with Crippen molar-refractivity contribution in [1.82, 2.24) is 0 Å². The molecule has 0 unspecified atom stereocenters. The Morgan fingerprint density at radius 2 is 1.73 bits per heavy atom. The minimum absolute atomic E-state index is 0.478. The molecule has 0 aliphatic heterocycles. The van der Waals surface area contributed by atoms with Crippen molar-refractivity contribution in [2.75, 3.05) is 19.0 Å². The molecule has 0 amide bonds. The van der Waals surface area contributed by atoms with E-state index in [1.165, 1.54) is 0 Å². The van der Waals surface area contributed by atoms with Crippen LogP contribution in [-0.2, 0) is 5.60 Å². The first kappa shape index (κ1) is 10.4. The normalized spacial score (nSPS) is 17.7. The molecular formula is C11H13F2NO. The molecule has 82 valence electrons. The van der Waals surface area contributed by atoms with Crippen LogP contribution in [0.3, 0.4) is 0 Å². The van der Waals surface area contributed by atoms with Crippen LogP contribution in [-0.4, -0.2) is 19.2 Å². The molecule has 1 aromatic rings. The van der Waals surface area contributed by atoms with Gasteiger partial charge in [-0.05, 0) is 18.9 Å². The van der Waals surface area contributed by atoms with E-state index in [4.69, 9.17) is 0 Å². The average molecular weight is 213 g/mol. The van der Waals surface area contributed by atoms with Crippen LogP contribution >= 0.6 is 0 Å². The summed E-state index contributed by atoms with van der Waals surface area (Å²) in [7, 11) is 3.48. The van der Waals surface area contributed by atoms with Crippen molar-refractivity contribution in [2.24, 2.45) is 0 Å². The molecule has 0 bridgehead atoms. The van der Waals surface area contributed by atoms with Crippen molar-refractivity contribution >= 4 is 5.69 Å². The van der Waals surface area contributed by atoms with Crippen LogP contribution in [0.2, 0.25) is 0 Å². The fraction of sp³-hybridized carbons (Fsp3) is 0.455. The van der Waals surface area contributed by atoms with Gasteiger partial charge in [0, 0.05) is 31.4 Å². The van der Waals surface area contributed by atoms with E-state index in [1.54, 1.807) is 19.0 Å². The highest BCUT2D eigenvalue weighted by Crippen LogP contribution is 2.48. The number of anilines is 1. The highest BCUT2D eigenvalue weighted by molar-refractivity contribution is 5.57. The van der Waals surface area contributed by atoms with E-state index in [9.17, 15) is 13.9 Å². The van der Waals surface area contributed by atoms with Crippen LogP contribution in [0.5, 0.6) is 0 Å². The summed E-state index contributed by atoms with van der Waals surface area (Å²) in [5, 5.41) is 9.93. The number of benzene rings is 1. The number of hydrogen-bond acceptors (Lipinski definition) is 2. The van der Waals surface area contributed by atoms with Gasteiger partial charge in [-0.25, -0.2) is 8.78 Å². The Kier molecular flexibility index (Phi) is 2.19. The zero-order valence-corrected chi connectivity index (χ0v) is 8.72. The van der Waals surface area contributed by atoms with E-state index >= 15 is 0 Å². The van der Waals surface area contributed by atoms with Crippen LogP contribution in [0.25, 0.3) is 0 Å². The van der Waals surface area contributed by atoms with Gasteiger partial charge in [0.05, 0.1) is 5.60 Å². The lowest BCUT2D eigenvalue weighted by molar-refractivity contribution is 0.151. The minimum atomic E-state index is -0.950. The molecule has 1 aromatic carbocycles. The Hall–Kier alpha value is -1.16. The van der Waals surface area contributed by atoms with Crippen molar-refractivity contribution in [3.63, 3.8) is 0 Å². The molecule has 0 atom stereocenters. The molecular weight excluding hydrogens is 200 g/mol. The topological polar surface area (TPSA) is 23.5 Å². The van der Waals surface area contributed by atoms with E-state index in [2.05, 4.69) is 0 Å². The highest BCUT2D eigenvalue weighted by Gasteiger charge is 2.44. The monoisotopic (exact) mass is 213 g/mol. The fourth-order valence-electron chi connectivity index (χ4n) is 1.67. The standard InChI is InChI=1S/C11H13F2NO/c1-14(2)10-6-9(13)8(12)5-7(10)11(15)3-4-11/h5-6,15H,3-4H2,1-2H3. The largest absolute Gasteiger partial charge is 0.385 e. The molecule has 0 spiro atoms. The maximum atomic E-state index is 13.1. The summed E-state index contributed by atoms with van der Waals surface area (Å²) in [6, 6.07) is 2.22. The number of halogens is 2. The van der Waals surface area contributed by atoms with E-state index in [0.717, 1.165) is 12.1 Å². The molecule has 0 radical (unpaired) electrons. The quantitative estimate of drug-likeness (QED) is 0.812. The summed E-state index contributed by atoms with van der Waals surface area (Å²) in [6.07, 6.45) is 1.22. The van der Waals surface area contributed by atoms with Gasteiger partial charge < -0.3 is 10.0 Å². The molecule has 0 aromatic heterocycles. The molecule has 15 heavy (non-hydrogen) atoms. The third-order valence-corrected chi connectivity index (χ3v) is 2.75. The molecule has 0 heterocycles. The molecule has 1 saturated carbocycles. The predicted molar refractivity (Wildman–Crippen MR) is 53.8 cm³/mol. The average Bonchev–Trinajstić information content (AvgIpc) is 2.88. The maximum Gasteiger partial charge on any atom is 0.160 e. The van der Waals surface area contributed by atoms with Crippen LogP contribution < -0.4 is 4.90 Å². The minimum Gasteiger partial charge on any atom is -0.385 e. The smallest absolute Gasteiger partial charge is 0.160 e. The van der Waals surface area contributed by atoms with Crippen molar-refractivity contribution in [2.45, 2.75) is 18.4 Å². The van der Waals surface area contributed by atoms with Crippen LogP contribution in [0.15, 0.2) is 12.1 Å². The first-order chi connectivity index (χ1) is 6.94. The third kappa shape index (κ3) is 1.69. The number of rotatable bonds is 2. The van der Waals surface area contributed by atoms with Crippen molar-refractivity contribution in [1.29, 1.82) is 0 Å². The second kappa shape index (κ2) is 3.17. The zero-order chi connectivity index (χ0) is 11.2. The molecule has 0 saturated heterocycles. The lowest BCUT2D eigenvalue weighted by Gasteiger charge is -2.20. The van der Waals surface area contributed by atoms with Gasteiger partial charge in [-0.2, -0.15) is 0 Å². The molecule has 1 aliphatic carbocycles. The fourth-order valence-corrected chi connectivity index (χ4v) is 1.67. The summed E-state index contributed by atoms with van der Waals surface area (Å²) >= 11 is 0. The zero-order valence-electron chi connectivity index (χ0n) is 8.72. The van der Waals surface area contributed by atoms with E-state index in [0.29, 0.717) is 24.1 Å². The van der Waals surface area contributed by atoms with Gasteiger partial charge in [0.2, 0.25) is 0 Å². The van der Waals surface area contributed by atoms with Crippen molar-refractivity contribution in [3.8, 4) is 0 Å². The number of aliphatic hydroxyl groups is 1. The highest BCUT2D eigenvalue weighted by atomic mass is 19.2. The van der Waals surface area contributed by atoms with Gasteiger partial charge in [-0.3, -0.25) is 0 Å². The Morgan fingerprint density at radius 1 is 1.20 bits per heavy atom. The molecule has 2 rings (SSSR count). The summed E-state index contributed by atoms with van der Waals surface area (Å²) in [4.78, 5) is 1.67. The lowest BCUT2D eigenvalue weighted by Crippen LogP contribution is -2.17. The van der Waals surface area contributed by atoms with Crippen LogP contribution in [0.4, 0.5) is 14.5 Å². The SMILES string of the molecule is CN(C)c1cc(F)c(F)cc1C1(O)CC1. The summed E-state index contributed by atoms with van der Waals surface area (Å²) in [5.74, 6) is -1.79. The second-order valence-corrected chi connectivity index (χ2v) is 4.21. The Balaban J connectivity index is 2.56. The second-order valence-electron chi connectivity index (χ2n) is 4.21. The Labute approximate surface area is 87.1 Å². The van der Waals surface area contributed by atoms with E-state index in [1.807, 2.05) is 0 Å². The van der Waals surface area contributed by atoms with E-state index < -0.39 is 17.2 Å². The van der Waals surface area contributed by atoms with Gasteiger partial charge in [0.1, 0.15) is 0 Å². The lowest BCUT2D eigenvalue weighted by atomic mass is 10.0. The van der Waals surface area contributed by atoms with Gasteiger partial charge in [-0.15, -0.1) is 0 Å². The van der Waals surface area contributed by atoms with Crippen molar-refractivity contribution in [3.05, 3.63) is 29.3 Å². The predicted octanol–water partition coefficient (Wildman–Crippen LogP) is 2.01. The van der Waals surface area contributed by atoms with E-state index in [-0.39, 0.29) is 0 Å². The van der Waals surface area contributed by atoms with Gasteiger partial charge in [-0.1, -0.05) is 0 Å². The molecule has 1 fully saturated rings. The van der Waals surface area contributed by atoms with Gasteiger partial charge in [0.15, 0.2) is 11.6 Å². The first-order valence-corrected chi connectivity index (χ1v) is 4.83. The van der Waals surface area contributed by atoms with Crippen LogP contribution in [0, 0.1) is 11.6 Å². The van der Waals surface area contributed by atoms with Crippen molar-refractivity contribution < 1.29 is 13.9 Å².